The van der Waals surface area contributed by atoms with E-state index in [0.29, 0.717) is 12.6 Å². The zero-order valence-electron chi connectivity index (χ0n) is 12.9. The van der Waals surface area contributed by atoms with Gasteiger partial charge in [-0.05, 0) is 27.0 Å². The highest BCUT2D eigenvalue weighted by Gasteiger charge is 2.23. The third kappa shape index (κ3) is 3.72. The average Bonchev–Trinajstić information content (AvgIpc) is 2.44. The normalized spacial score (nSPS) is 22.7. The first-order valence-electron chi connectivity index (χ1n) is 7.51. The second-order valence-corrected chi connectivity index (χ2v) is 5.67. The van der Waals surface area contributed by atoms with Crippen molar-refractivity contribution >= 4 is 0 Å². The molecule has 1 aromatic carbocycles. The number of hydrogen-bond donors (Lipinski definition) is 1. The first-order valence-corrected chi connectivity index (χ1v) is 7.51. The van der Waals surface area contributed by atoms with Gasteiger partial charge in [0.15, 0.2) is 0 Å². The molecule has 20 heavy (non-hydrogen) atoms. The summed E-state index contributed by atoms with van der Waals surface area (Å²) >= 11 is 0. The first kappa shape index (κ1) is 15.3. The van der Waals surface area contributed by atoms with Crippen LogP contribution in [0.1, 0.15) is 25.5 Å². The Balaban J connectivity index is 1.99. The summed E-state index contributed by atoms with van der Waals surface area (Å²) in [6, 6.07) is 8.72. The highest BCUT2D eigenvalue weighted by Crippen LogP contribution is 2.24. The molecule has 1 fully saturated rings. The fourth-order valence-electron chi connectivity index (χ4n) is 2.74. The molecular weight excluding hydrogens is 250 g/mol. The maximum absolute atomic E-state index is 6.40. The van der Waals surface area contributed by atoms with Crippen LogP contribution in [0.4, 0.5) is 0 Å². The molecule has 2 unspecified atom stereocenters. The van der Waals surface area contributed by atoms with Crippen molar-refractivity contribution in [3.8, 4) is 5.75 Å². The van der Waals surface area contributed by atoms with Crippen LogP contribution in [0.2, 0.25) is 0 Å². The smallest absolute Gasteiger partial charge is 0.124 e. The summed E-state index contributed by atoms with van der Waals surface area (Å²) in [5.41, 5.74) is 7.51. The van der Waals surface area contributed by atoms with Gasteiger partial charge in [-0.1, -0.05) is 18.2 Å². The van der Waals surface area contributed by atoms with Gasteiger partial charge < -0.3 is 15.4 Å². The molecule has 0 bridgehead atoms. The van der Waals surface area contributed by atoms with Gasteiger partial charge in [-0.25, -0.2) is 0 Å². The monoisotopic (exact) mass is 277 g/mol. The molecule has 1 heterocycles. The molecule has 2 N–H and O–H groups in total. The first-order chi connectivity index (χ1) is 9.61. The highest BCUT2D eigenvalue weighted by atomic mass is 16.5. The minimum atomic E-state index is 0.00774. The Morgan fingerprint density at radius 3 is 2.80 bits per heavy atom. The summed E-state index contributed by atoms with van der Waals surface area (Å²) in [7, 11) is 2.19. The maximum atomic E-state index is 6.40. The summed E-state index contributed by atoms with van der Waals surface area (Å²) in [5.74, 6) is 0.921. The lowest BCUT2D eigenvalue weighted by molar-refractivity contribution is 0.100. The number of ether oxygens (including phenoxy) is 1. The SMILES string of the molecule is CCOc1ccccc1C(N)CN1CCN(C)C(C)C1. The molecule has 0 aromatic heterocycles. The van der Waals surface area contributed by atoms with Crippen molar-refractivity contribution in [1.82, 2.24) is 9.80 Å². The lowest BCUT2D eigenvalue weighted by Gasteiger charge is -2.38. The van der Waals surface area contributed by atoms with E-state index in [9.17, 15) is 0 Å². The van der Waals surface area contributed by atoms with Crippen LogP contribution in [0.3, 0.4) is 0 Å². The third-order valence-corrected chi connectivity index (χ3v) is 4.12. The Bertz CT molecular complexity index is 424. The van der Waals surface area contributed by atoms with Crippen molar-refractivity contribution in [2.24, 2.45) is 5.73 Å². The third-order valence-electron chi connectivity index (χ3n) is 4.12. The molecule has 1 aliphatic heterocycles. The quantitative estimate of drug-likeness (QED) is 0.890. The molecule has 0 radical (unpaired) electrons. The zero-order chi connectivity index (χ0) is 14.5. The molecule has 2 atom stereocenters. The van der Waals surface area contributed by atoms with Crippen LogP contribution in [0.25, 0.3) is 0 Å². The van der Waals surface area contributed by atoms with Crippen LogP contribution in [-0.4, -0.2) is 55.7 Å². The van der Waals surface area contributed by atoms with Crippen LogP contribution in [0, 0.1) is 0 Å². The number of piperazine rings is 1. The van der Waals surface area contributed by atoms with Gasteiger partial charge in [-0.15, -0.1) is 0 Å². The molecule has 112 valence electrons. The van der Waals surface area contributed by atoms with Gasteiger partial charge in [-0.3, -0.25) is 4.90 Å². The topological polar surface area (TPSA) is 41.7 Å². The van der Waals surface area contributed by atoms with Gasteiger partial charge in [-0.2, -0.15) is 0 Å². The summed E-state index contributed by atoms with van der Waals surface area (Å²) in [6.07, 6.45) is 0. The average molecular weight is 277 g/mol. The molecule has 4 nitrogen and oxygen atoms in total. The molecule has 0 aliphatic carbocycles. The Hall–Kier alpha value is -1.10. The fourth-order valence-corrected chi connectivity index (χ4v) is 2.74. The summed E-state index contributed by atoms with van der Waals surface area (Å²) in [5, 5.41) is 0. The van der Waals surface area contributed by atoms with E-state index in [2.05, 4.69) is 29.8 Å². The van der Waals surface area contributed by atoms with Crippen LogP contribution >= 0.6 is 0 Å². The highest BCUT2D eigenvalue weighted by molar-refractivity contribution is 5.36. The Morgan fingerprint density at radius 1 is 1.35 bits per heavy atom. The molecule has 0 amide bonds. The molecule has 1 saturated heterocycles. The fraction of sp³-hybridized carbons (Fsp3) is 0.625. The number of nitrogens with zero attached hydrogens (tertiary/aromatic N) is 2. The summed E-state index contributed by atoms with van der Waals surface area (Å²) in [6.45, 7) is 9.13. The van der Waals surface area contributed by atoms with Crippen LogP contribution < -0.4 is 10.5 Å². The minimum Gasteiger partial charge on any atom is -0.494 e. The van der Waals surface area contributed by atoms with Gasteiger partial charge in [0.25, 0.3) is 0 Å². The zero-order valence-corrected chi connectivity index (χ0v) is 12.9. The van der Waals surface area contributed by atoms with Crippen molar-refractivity contribution in [3.63, 3.8) is 0 Å². The largest absolute Gasteiger partial charge is 0.494 e. The van der Waals surface area contributed by atoms with E-state index in [1.807, 2.05) is 25.1 Å². The number of hydrogen-bond acceptors (Lipinski definition) is 4. The number of para-hydroxylation sites is 1. The number of rotatable bonds is 5. The summed E-state index contributed by atoms with van der Waals surface area (Å²) in [4.78, 5) is 4.86. The van der Waals surface area contributed by atoms with Crippen molar-refractivity contribution in [1.29, 1.82) is 0 Å². The van der Waals surface area contributed by atoms with E-state index in [0.717, 1.165) is 37.5 Å². The maximum Gasteiger partial charge on any atom is 0.124 e. The van der Waals surface area contributed by atoms with E-state index in [1.165, 1.54) is 0 Å². The van der Waals surface area contributed by atoms with Crippen LogP contribution in [0.5, 0.6) is 5.75 Å². The predicted octanol–water partition coefficient (Wildman–Crippen LogP) is 1.72. The molecule has 4 heteroatoms. The Kier molecular flexibility index (Phi) is 5.40. The second-order valence-electron chi connectivity index (χ2n) is 5.67. The lowest BCUT2D eigenvalue weighted by atomic mass is 10.0. The standard InChI is InChI=1S/C16H27N3O/c1-4-20-16-8-6-5-7-14(16)15(17)12-19-10-9-18(3)13(2)11-19/h5-8,13,15H,4,9-12,17H2,1-3H3. The van der Waals surface area contributed by atoms with Gasteiger partial charge in [0.2, 0.25) is 0 Å². The Morgan fingerprint density at radius 2 is 2.10 bits per heavy atom. The van der Waals surface area contributed by atoms with Gasteiger partial charge >= 0.3 is 0 Å². The molecule has 2 rings (SSSR count). The van der Waals surface area contributed by atoms with Gasteiger partial charge in [0.1, 0.15) is 5.75 Å². The Labute approximate surface area is 122 Å². The van der Waals surface area contributed by atoms with E-state index in [4.69, 9.17) is 10.5 Å². The van der Waals surface area contributed by atoms with Crippen LogP contribution in [-0.2, 0) is 0 Å². The number of likely N-dealkylation sites (N-methyl/N-ethyl adjacent to an activating group) is 1. The lowest BCUT2D eigenvalue weighted by Crippen LogP contribution is -2.51. The number of benzene rings is 1. The molecule has 1 aliphatic rings. The van der Waals surface area contributed by atoms with E-state index >= 15 is 0 Å². The molecular formula is C16H27N3O. The van der Waals surface area contributed by atoms with E-state index in [1.54, 1.807) is 0 Å². The van der Waals surface area contributed by atoms with Crippen LogP contribution in [0.15, 0.2) is 24.3 Å². The van der Waals surface area contributed by atoms with E-state index < -0.39 is 0 Å². The van der Waals surface area contributed by atoms with E-state index in [-0.39, 0.29) is 6.04 Å². The predicted molar refractivity (Wildman–Crippen MR) is 83.1 cm³/mol. The second kappa shape index (κ2) is 7.07. The molecule has 1 aromatic rings. The van der Waals surface area contributed by atoms with Crippen molar-refractivity contribution in [2.75, 3.05) is 39.8 Å². The van der Waals surface area contributed by atoms with Crippen molar-refractivity contribution in [3.05, 3.63) is 29.8 Å². The number of nitrogens with two attached hydrogens (primary N) is 1. The molecule has 0 spiro atoms. The summed E-state index contributed by atoms with van der Waals surface area (Å²) < 4.78 is 5.68. The van der Waals surface area contributed by atoms with Gasteiger partial charge in [0.05, 0.1) is 6.61 Å². The molecule has 0 saturated carbocycles. The minimum absolute atomic E-state index is 0.00774. The van der Waals surface area contributed by atoms with Crippen molar-refractivity contribution in [2.45, 2.75) is 25.9 Å². The van der Waals surface area contributed by atoms with Crippen molar-refractivity contribution < 1.29 is 4.74 Å². The van der Waals surface area contributed by atoms with Gasteiger partial charge in [0, 0.05) is 43.8 Å².